The smallest absolute Gasteiger partial charge is 0.240 e. The lowest BCUT2D eigenvalue weighted by molar-refractivity contribution is -0.124. The Kier molecular flexibility index (Phi) is 9.96. The summed E-state index contributed by atoms with van der Waals surface area (Å²) in [6.45, 7) is 0.334. The molecule has 0 aliphatic carbocycles. The van der Waals surface area contributed by atoms with E-state index in [1.165, 1.54) is 13.3 Å². The molecule has 7 nitrogen and oxygen atoms in total. The van der Waals surface area contributed by atoms with E-state index in [4.69, 9.17) is 32.7 Å². The fourth-order valence-electron chi connectivity index (χ4n) is 2.94. The van der Waals surface area contributed by atoms with E-state index in [-0.39, 0.29) is 18.7 Å². The van der Waals surface area contributed by atoms with Gasteiger partial charge in [0, 0.05) is 28.6 Å². The van der Waals surface area contributed by atoms with E-state index in [2.05, 4.69) is 31.8 Å². The molecular weight excluding hydrogens is 557 g/mol. The molecule has 3 aromatic carbocycles. The lowest BCUT2D eigenvalue weighted by Crippen LogP contribution is -2.20. The molecular formula is C25H22BrCl2N3O4. The maximum absolute atomic E-state index is 12.0. The summed E-state index contributed by atoms with van der Waals surface area (Å²) in [5.74, 6) is 0.346. The second kappa shape index (κ2) is 13.1. The molecule has 2 amide bonds. The molecule has 2 N–H and O–H groups in total. The molecule has 0 heterocycles. The van der Waals surface area contributed by atoms with Crippen molar-refractivity contribution in [2.24, 2.45) is 5.10 Å². The molecule has 0 atom stereocenters. The van der Waals surface area contributed by atoms with Gasteiger partial charge in [-0.25, -0.2) is 5.43 Å². The van der Waals surface area contributed by atoms with Crippen LogP contribution in [0, 0.1) is 0 Å². The van der Waals surface area contributed by atoms with Gasteiger partial charge in [-0.1, -0.05) is 41.4 Å². The number of carbonyl (C=O) groups excluding carboxylic acids is 2. The number of carbonyl (C=O) groups is 2. The third-order valence-corrected chi connectivity index (χ3v) is 5.71. The van der Waals surface area contributed by atoms with Crippen molar-refractivity contribution in [1.29, 1.82) is 0 Å². The minimum absolute atomic E-state index is 0.00684. The maximum atomic E-state index is 12.0. The van der Waals surface area contributed by atoms with Crippen molar-refractivity contribution in [1.82, 2.24) is 5.43 Å². The van der Waals surface area contributed by atoms with E-state index in [1.807, 2.05) is 12.1 Å². The zero-order valence-electron chi connectivity index (χ0n) is 18.7. The summed E-state index contributed by atoms with van der Waals surface area (Å²) in [5, 5.41) is 7.82. The summed E-state index contributed by atoms with van der Waals surface area (Å²) < 4.78 is 12.0. The highest BCUT2D eigenvalue weighted by Gasteiger charge is 2.12. The Morgan fingerprint density at radius 2 is 1.74 bits per heavy atom. The quantitative estimate of drug-likeness (QED) is 0.221. The van der Waals surface area contributed by atoms with Crippen molar-refractivity contribution in [3.8, 4) is 11.5 Å². The Labute approximate surface area is 221 Å². The molecule has 0 radical (unpaired) electrons. The van der Waals surface area contributed by atoms with E-state index in [1.54, 1.807) is 48.5 Å². The molecule has 182 valence electrons. The lowest BCUT2D eigenvalue weighted by Gasteiger charge is -2.13. The summed E-state index contributed by atoms with van der Waals surface area (Å²) in [4.78, 5) is 24.1. The fraction of sp³-hybridized carbons (Fsp3) is 0.160. The maximum Gasteiger partial charge on any atom is 0.240 e. The second-order valence-corrected chi connectivity index (χ2v) is 9.03. The number of hydrogen-bond donors (Lipinski definition) is 2. The molecule has 3 rings (SSSR count). The summed E-state index contributed by atoms with van der Waals surface area (Å²) in [5.41, 5.74) is 4.61. The van der Waals surface area contributed by atoms with Gasteiger partial charge in [-0.2, -0.15) is 5.10 Å². The molecule has 0 bridgehead atoms. The van der Waals surface area contributed by atoms with Gasteiger partial charge >= 0.3 is 0 Å². The van der Waals surface area contributed by atoms with Crippen LogP contribution in [-0.2, 0) is 16.2 Å². The van der Waals surface area contributed by atoms with Gasteiger partial charge in [0.1, 0.15) is 6.61 Å². The minimum atomic E-state index is -0.392. The van der Waals surface area contributed by atoms with Crippen LogP contribution in [0.4, 0.5) is 5.69 Å². The van der Waals surface area contributed by atoms with Gasteiger partial charge in [0.05, 0.1) is 17.8 Å². The average Bonchev–Trinajstić information content (AvgIpc) is 2.83. The number of amides is 2. The highest BCUT2D eigenvalue weighted by Crippen LogP contribution is 2.37. The molecule has 10 heteroatoms. The Morgan fingerprint density at radius 1 is 1.00 bits per heavy atom. The number of benzene rings is 3. The first kappa shape index (κ1) is 26.5. The van der Waals surface area contributed by atoms with Crippen molar-refractivity contribution < 1.29 is 19.1 Å². The van der Waals surface area contributed by atoms with E-state index in [0.717, 1.165) is 5.56 Å². The van der Waals surface area contributed by atoms with Gasteiger partial charge in [0.25, 0.3) is 0 Å². The molecule has 0 aliphatic rings. The van der Waals surface area contributed by atoms with Crippen molar-refractivity contribution in [2.75, 3.05) is 12.4 Å². The topological polar surface area (TPSA) is 89.0 Å². The van der Waals surface area contributed by atoms with E-state index >= 15 is 0 Å². The number of anilines is 1. The highest BCUT2D eigenvalue weighted by atomic mass is 79.9. The number of hydrazone groups is 1. The third-order valence-electron chi connectivity index (χ3n) is 4.64. The van der Waals surface area contributed by atoms with Crippen LogP contribution in [-0.4, -0.2) is 25.1 Å². The molecule has 0 saturated heterocycles. The molecule has 0 saturated carbocycles. The number of halogens is 3. The molecule has 35 heavy (non-hydrogen) atoms. The average molecular weight is 579 g/mol. The van der Waals surface area contributed by atoms with Crippen molar-refractivity contribution in [2.45, 2.75) is 19.4 Å². The zero-order valence-corrected chi connectivity index (χ0v) is 21.8. The van der Waals surface area contributed by atoms with E-state index < -0.39 is 5.91 Å². The second-order valence-electron chi connectivity index (χ2n) is 7.30. The number of methoxy groups -OCH3 is 1. The predicted octanol–water partition coefficient (Wildman–Crippen LogP) is 6.21. The van der Waals surface area contributed by atoms with Gasteiger partial charge in [-0.3, -0.25) is 9.59 Å². The van der Waals surface area contributed by atoms with Crippen LogP contribution in [0.1, 0.15) is 24.0 Å². The standard InChI is InChI=1S/C25H22BrCl2N3O4/c1-34-22-12-17(11-21(26)25(22)35-15-16-5-7-18(27)8-6-16)14-29-31-24(33)10-9-23(32)30-20-4-2-3-19(28)13-20/h2-8,11-14H,9-10,15H2,1H3,(H,30,32)(H,31,33). The zero-order chi connectivity index (χ0) is 25.2. The monoisotopic (exact) mass is 577 g/mol. The van der Waals surface area contributed by atoms with Gasteiger partial charge in [-0.15, -0.1) is 0 Å². The number of nitrogens with one attached hydrogen (secondary N) is 2. The Morgan fingerprint density at radius 3 is 2.46 bits per heavy atom. The minimum Gasteiger partial charge on any atom is -0.493 e. The van der Waals surface area contributed by atoms with Crippen LogP contribution in [0.25, 0.3) is 0 Å². The number of nitrogens with zero attached hydrogens (tertiary/aromatic N) is 1. The van der Waals surface area contributed by atoms with E-state index in [0.29, 0.717) is 43.9 Å². The van der Waals surface area contributed by atoms with Crippen LogP contribution in [0.5, 0.6) is 11.5 Å². The molecule has 0 aliphatic heterocycles. The van der Waals surface area contributed by atoms with Gasteiger partial charge < -0.3 is 14.8 Å². The van der Waals surface area contributed by atoms with Gasteiger partial charge in [0.2, 0.25) is 11.8 Å². The summed E-state index contributed by atoms with van der Waals surface area (Å²) in [6, 6.07) is 17.7. The molecule has 0 spiro atoms. The lowest BCUT2D eigenvalue weighted by atomic mass is 10.2. The Balaban J connectivity index is 1.51. The highest BCUT2D eigenvalue weighted by molar-refractivity contribution is 9.10. The first-order valence-corrected chi connectivity index (χ1v) is 12.0. The van der Waals surface area contributed by atoms with Gasteiger partial charge in [0.15, 0.2) is 11.5 Å². The van der Waals surface area contributed by atoms with Crippen LogP contribution < -0.4 is 20.2 Å². The van der Waals surface area contributed by atoms with Crippen molar-refractivity contribution >= 4 is 62.8 Å². The Hall–Kier alpha value is -3.07. The van der Waals surface area contributed by atoms with Crippen LogP contribution in [0.2, 0.25) is 10.0 Å². The number of ether oxygens (including phenoxy) is 2. The molecule has 0 fully saturated rings. The predicted molar refractivity (Wildman–Crippen MR) is 142 cm³/mol. The number of rotatable bonds is 10. The van der Waals surface area contributed by atoms with Crippen molar-refractivity contribution in [3.63, 3.8) is 0 Å². The molecule has 0 aromatic heterocycles. The summed E-state index contributed by atoms with van der Waals surface area (Å²) in [7, 11) is 1.54. The summed E-state index contributed by atoms with van der Waals surface area (Å²) >= 11 is 15.3. The van der Waals surface area contributed by atoms with Gasteiger partial charge in [-0.05, 0) is 69.5 Å². The fourth-order valence-corrected chi connectivity index (χ4v) is 3.83. The van der Waals surface area contributed by atoms with Crippen LogP contribution >= 0.6 is 39.1 Å². The third kappa shape index (κ3) is 8.58. The van der Waals surface area contributed by atoms with Crippen LogP contribution in [0.3, 0.4) is 0 Å². The Bertz CT molecular complexity index is 1220. The molecule has 3 aromatic rings. The summed E-state index contributed by atoms with van der Waals surface area (Å²) in [6.07, 6.45) is 1.46. The number of hydrogen-bond acceptors (Lipinski definition) is 5. The first-order valence-electron chi connectivity index (χ1n) is 10.5. The largest absolute Gasteiger partial charge is 0.493 e. The van der Waals surface area contributed by atoms with Crippen molar-refractivity contribution in [3.05, 3.63) is 86.3 Å². The first-order chi connectivity index (χ1) is 16.8. The van der Waals surface area contributed by atoms with Crippen LogP contribution in [0.15, 0.2) is 70.2 Å². The SMILES string of the molecule is COc1cc(C=NNC(=O)CCC(=O)Nc2cccc(Cl)c2)cc(Br)c1OCc1ccc(Cl)cc1. The molecule has 0 unspecified atom stereocenters. The van der Waals surface area contributed by atoms with E-state index in [9.17, 15) is 9.59 Å². The normalized spacial score (nSPS) is 10.7.